The third-order valence-corrected chi connectivity index (χ3v) is 4.49. The number of nitrogens with zero attached hydrogens (tertiary/aromatic N) is 3. The molecule has 7 heteroatoms. The first kappa shape index (κ1) is 21.4. The highest BCUT2D eigenvalue weighted by molar-refractivity contribution is 5.86. The van der Waals surface area contributed by atoms with Crippen molar-refractivity contribution in [3.05, 3.63) is 66.0 Å². The second-order valence-electron chi connectivity index (χ2n) is 6.48. The molecule has 1 unspecified atom stereocenters. The van der Waals surface area contributed by atoms with E-state index >= 15 is 0 Å². The quantitative estimate of drug-likeness (QED) is 0.444. The normalized spacial score (nSPS) is 12.3. The third-order valence-electron chi connectivity index (χ3n) is 4.49. The average molecular weight is 383 g/mol. The lowest BCUT2D eigenvalue weighted by Gasteiger charge is -2.20. The largest absolute Gasteiger partial charge is 0.396 e. The maximum Gasteiger partial charge on any atom is 0.241 e. The summed E-state index contributed by atoms with van der Waals surface area (Å²) >= 11 is 0. The van der Waals surface area contributed by atoms with Crippen molar-refractivity contribution in [3.8, 4) is 0 Å². The molecule has 1 amide bonds. The van der Waals surface area contributed by atoms with Crippen molar-refractivity contribution in [1.29, 1.82) is 0 Å². The highest BCUT2D eigenvalue weighted by atomic mass is 16.3. The van der Waals surface area contributed by atoms with E-state index in [1.165, 1.54) is 0 Å². The molecule has 0 saturated carbocycles. The molecule has 2 rings (SSSR count). The third kappa shape index (κ3) is 7.00. The number of benzene rings is 1. The van der Waals surface area contributed by atoms with Gasteiger partial charge in [-0.05, 0) is 17.7 Å². The first-order chi connectivity index (χ1) is 13.6. The number of nitrogens with one attached hydrogen (secondary N) is 2. The van der Waals surface area contributed by atoms with Crippen molar-refractivity contribution in [2.75, 3.05) is 40.3 Å². The van der Waals surface area contributed by atoms with Crippen LogP contribution >= 0.6 is 0 Å². The standard InChI is InChI=1S/C21H29N5O2/c1-22-21(24-14-18(16-27)17-8-4-3-5-9-17)25-15-20(28)26(2)13-11-19-10-6-7-12-23-19/h3-10,12,18,27H,11,13-16H2,1-2H3,(H2,22,24,25). The van der Waals surface area contributed by atoms with Crippen molar-refractivity contribution < 1.29 is 9.90 Å². The van der Waals surface area contributed by atoms with E-state index in [2.05, 4.69) is 20.6 Å². The Kier molecular flexibility index (Phi) is 8.94. The van der Waals surface area contributed by atoms with Gasteiger partial charge in [0.05, 0.1) is 13.2 Å². The Morgan fingerprint density at radius 2 is 1.93 bits per heavy atom. The van der Waals surface area contributed by atoms with Gasteiger partial charge in [-0.2, -0.15) is 0 Å². The van der Waals surface area contributed by atoms with E-state index in [1.807, 2.05) is 48.5 Å². The van der Waals surface area contributed by atoms with Crippen molar-refractivity contribution in [2.45, 2.75) is 12.3 Å². The van der Waals surface area contributed by atoms with Crippen LogP contribution in [0.15, 0.2) is 59.7 Å². The van der Waals surface area contributed by atoms with Crippen LogP contribution in [0.3, 0.4) is 0 Å². The van der Waals surface area contributed by atoms with E-state index in [-0.39, 0.29) is 25.0 Å². The topological polar surface area (TPSA) is 89.9 Å². The van der Waals surface area contributed by atoms with Crippen LogP contribution in [0.2, 0.25) is 0 Å². The van der Waals surface area contributed by atoms with Gasteiger partial charge >= 0.3 is 0 Å². The van der Waals surface area contributed by atoms with Gasteiger partial charge in [-0.25, -0.2) is 0 Å². The zero-order chi connectivity index (χ0) is 20.2. The molecule has 0 bridgehead atoms. The average Bonchev–Trinajstić information content (AvgIpc) is 2.75. The zero-order valence-electron chi connectivity index (χ0n) is 16.5. The van der Waals surface area contributed by atoms with Gasteiger partial charge in [0.2, 0.25) is 5.91 Å². The summed E-state index contributed by atoms with van der Waals surface area (Å²) in [4.78, 5) is 22.4. The minimum absolute atomic E-state index is 0.0272. The summed E-state index contributed by atoms with van der Waals surface area (Å²) < 4.78 is 0. The lowest BCUT2D eigenvalue weighted by molar-refractivity contribution is -0.128. The highest BCUT2D eigenvalue weighted by Crippen LogP contribution is 2.13. The van der Waals surface area contributed by atoms with Gasteiger partial charge in [0.25, 0.3) is 0 Å². The Morgan fingerprint density at radius 1 is 1.18 bits per heavy atom. The molecule has 150 valence electrons. The number of guanidine groups is 1. The summed E-state index contributed by atoms with van der Waals surface area (Å²) in [7, 11) is 3.43. The summed E-state index contributed by atoms with van der Waals surface area (Å²) in [6.45, 7) is 1.30. The van der Waals surface area contributed by atoms with Crippen molar-refractivity contribution in [3.63, 3.8) is 0 Å². The Morgan fingerprint density at radius 3 is 2.57 bits per heavy atom. The van der Waals surface area contributed by atoms with E-state index in [1.54, 1.807) is 25.2 Å². The monoisotopic (exact) mass is 383 g/mol. The van der Waals surface area contributed by atoms with Gasteiger partial charge in [0.15, 0.2) is 5.96 Å². The number of hydrogen-bond acceptors (Lipinski definition) is 4. The first-order valence-electron chi connectivity index (χ1n) is 9.38. The summed E-state index contributed by atoms with van der Waals surface area (Å²) in [5.41, 5.74) is 2.02. The molecule has 0 spiro atoms. The van der Waals surface area contributed by atoms with E-state index < -0.39 is 0 Å². The molecule has 0 saturated heterocycles. The number of aliphatic imine (C=N–C) groups is 1. The van der Waals surface area contributed by atoms with Crippen LogP contribution < -0.4 is 10.6 Å². The van der Waals surface area contributed by atoms with E-state index in [4.69, 9.17) is 0 Å². The summed E-state index contributed by atoms with van der Waals surface area (Å²) in [6.07, 6.45) is 2.47. The predicted octanol–water partition coefficient (Wildman–Crippen LogP) is 1.02. The maximum absolute atomic E-state index is 12.3. The number of carbonyl (C=O) groups excluding carboxylic acids is 1. The van der Waals surface area contributed by atoms with E-state index in [0.29, 0.717) is 25.5 Å². The summed E-state index contributed by atoms with van der Waals surface area (Å²) in [6, 6.07) is 15.6. The van der Waals surface area contributed by atoms with Gasteiger partial charge in [-0.3, -0.25) is 14.8 Å². The predicted molar refractivity (Wildman–Crippen MR) is 111 cm³/mol. The molecule has 1 heterocycles. The molecular weight excluding hydrogens is 354 g/mol. The number of rotatable bonds is 9. The molecule has 3 N–H and O–H groups in total. The van der Waals surface area contributed by atoms with Crippen LogP contribution in [0.4, 0.5) is 0 Å². The number of aliphatic hydroxyl groups excluding tert-OH is 1. The molecule has 0 aliphatic heterocycles. The van der Waals surface area contributed by atoms with Crippen LogP contribution in [-0.2, 0) is 11.2 Å². The Bertz CT molecular complexity index is 737. The fraction of sp³-hybridized carbons (Fsp3) is 0.381. The van der Waals surface area contributed by atoms with Crippen LogP contribution in [0, 0.1) is 0 Å². The minimum Gasteiger partial charge on any atom is -0.396 e. The van der Waals surface area contributed by atoms with Crippen LogP contribution in [0.25, 0.3) is 0 Å². The van der Waals surface area contributed by atoms with Crippen LogP contribution in [-0.4, -0.2) is 67.2 Å². The molecule has 0 aliphatic carbocycles. The van der Waals surface area contributed by atoms with Gasteiger partial charge in [-0.1, -0.05) is 36.4 Å². The zero-order valence-corrected chi connectivity index (χ0v) is 16.5. The molecule has 1 aromatic carbocycles. The molecule has 1 aromatic heterocycles. The van der Waals surface area contributed by atoms with E-state index in [0.717, 1.165) is 11.3 Å². The number of likely N-dealkylation sites (N-methyl/N-ethyl adjacent to an activating group) is 1. The minimum atomic E-state index is -0.0449. The van der Waals surface area contributed by atoms with Crippen molar-refractivity contribution in [2.24, 2.45) is 4.99 Å². The number of carbonyl (C=O) groups is 1. The smallest absolute Gasteiger partial charge is 0.241 e. The molecular formula is C21H29N5O2. The number of hydrogen-bond donors (Lipinski definition) is 3. The highest BCUT2D eigenvalue weighted by Gasteiger charge is 2.13. The molecule has 28 heavy (non-hydrogen) atoms. The first-order valence-corrected chi connectivity index (χ1v) is 9.38. The molecule has 7 nitrogen and oxygen atoms in total. The van der Waals surface area contributed by atoms with Crippen LogP contribution in [0.5, 0.6) is 0 Å². The number of aliphatic hydroxyl groups is 1. The van der Waals surface area contributed by atoms with Gasteiger partial charge in [0, 0.05) is 51.4 Å². The Labute approximate surface area is 166 Å². The second kappa shape index (κ2) is 11.7. The van der Waals surface area contributed by atoms with Gasteiger partial charge in [-0.15, -0.1) is 0 Å². The Balaban J connectivity index is 1.75. The maximum atomic E-state index is 12.3. The van der Waals surface area contributed by atoms with Gasteiger partial charge < -0.3 is 20.6 Å². The fourth-order valence-corrected chi connectivity index (χ4v) is 2.70. The summed E-state index contributed by atoms with van der Waals surface area (Å²) in [5, 5.41) is 15.8. The van der Waals surface area contributed by atoms with Crippen molar-refractivity contribution in [1.82, 2.24) is 20.5 Å². The molecule has 2 aromatic rings. The lowest BCUT2D eigenvalue weighted by Crippen LogP contribution is -2.45. The molecule has 1 atom stereocenters. The van der Waals surface area contributed by atoms with Crippen LogP contribution in [0.1, 0.15) is 17.2 Å². The molecule has 0 radical (unpaired) electrons. The Hall–Kier alpha value is -2.93. The second-order valence-corrected chi connectivity index (χ2v) is 6.48. The molecule has 0 fully saturated rings. The van der Waals surface area contributed by atoms with Gasteiger partial charge in [0.1, 0.15) is 0 Å². The fourth-order valence-electron chi connectivity index (χ4n) is 2.70. The number of aromatic nitrogens is 1. The lowest BCUT2D eigenvalue weighted by atomic mass is 10.0. The number of amides is 1. The SMILES string of the molecule is CN=C(NCC(=O)N(C)CCc1ccccn1)NCC(CO)c1ccccc1. The summed E-state index contributed by atoms with van der Waals surface area (Å²) in [5.74, 6) is 0.456. The number of pyridine rings is 1. The van der Waals surface area contributed by atoms with Crippen molar-refractivity contribution >= 4 is 11.9 Å². The van der Waals surface area contributed by atoms with E-state index in [9.17, 15) is 9.90 Å². The molecule has 0 aliphatic rings.